The zero-order chi connectivity index (χ0) is 9.64. The Morgan fingerprint density at radius 2 is 2.38 bits per heavy atom. The molecule has 6 heteroatoms. The Labute approximate surface area is 71.8 Å². The Balaban J connectivity index is 2.20. The maximum atomic E-state index is 12.5. The van der Waals surface area contributed by atoms with Crippen LogP contribution >= 0.6 is 0 Å². The molecule has 2 rings (SSSR count). The Kier molecular flexibility index (Phi) is 1.43. The first kappa shape index (κ1) is 8.15. The van der Waals surface area contributed by atoms with Crippen LogP contribution in [0, 0.1) is 0 Å². The van der Waals surface area contributed by atoms with Crippen LogP contribution in [0.3, 0.4) is 0 Å². The van der Waals surface area contributed by atoms with Gasteiger partial charge in [-0.3, -0.25) is 4.68 Å². The van der Waals surface area contributed by atoms with Crippen molar-refractivity contribution < 1.29 is 18.7 Å². The minimum Gasteiger partial charge on any atom is -0.478 e. The van der Waals surface area contributed by atoms with Crippen LogP contribution < -0.4 is 0 Å². The van der Waals surface area contributed by atoms with Crippen LogP contribution in [0.15, 0.2) is 12.4 Å². The molecule has 1 fully saturated rings. The van der Waals surface area contributed by atoms with Gasteiger partial charge in [0.1, 0.15) is 6.04 Å². The van der Waals surface area contributed by atoms with E-state index >= 15 is 0 Å². The summed E-state index contributed by atoms with van der Waals surface area (Å²) in [6.45, 7) is 0. The fourth-order valence-electron chi connectivity index (χ4n) is 1.10. The van der Waals surface area contributed by atoms with Crippen LogP contribution in [0.2, 0.25) is 0 Å². The van der Waals surface area contributed by atoms with E-state index in [2.05, 4.69) is 5.10 Å². The summed E-state index contributed by atoms with van der Waals surface area (Å²) in [5.74, 6) is -3.88. The van der Waals surface area contributed by atoms with Crippen LogP contribution in [0.4, 0.5) is 8.78 Å². The first-order valence-electron chi connectivity index (χ1n) is 3.66. The van der Waals surface area contributed by atoms with E-state index in [1.54, 1.807) is 0 Å². The van der Waals surface area contributed by atoms with E-state index in [4.69, 9.17) is 5.11 Å². The lowest BCUT2D eigenvalue weighted by atomic mass is 10.4. The third-order valence-corrected chi connectivity index (χ3v) is 1.96. The summed E-state index contributed by atoms with van der Waals surface area (Å²) in [7, 11) is 0. The average molecular weight is 188 g/mol. The lowest BCUT2D eigenvalue weighted by molar-refractivity contribution is 0.0695. The molecule has 1 aromatic rings. The predicted molar refractivity (Wildman–Crippen MR) is 37.8 cm³/mol. The van der Waals surface area contributed by atoms with E-state index in [-0.39, 0.29) is 12.0 Å². The number of carbonyl (C=O) groups is 1. The SMILES string of the molecule is O=C(O)c1cnn(C2CC2(F)F)c1. The third-order valence-electron chi connectivity index (χ3n) is 1.96. The summed E-state index contributed by atoms with van der Waals surface area (Å²) in [4.78, 5) is 10.4. The molecule has 4 nitrogen and oxygen atoms in total. The van der Waals surface area contributed by atoms with E-state index < -0.39 is 17.9 Å². The van der Waals surface area contributed by atoms with Gasteiger partial charge in [0, 0.05) is 12.6 Å². The van der Waals surface area contributed by atoms with Crippen molar-refractivity contribution in [2.45, 2.75) is 18.4 Å². The summed E-state index contributed by atoms with van der Waals surface area (Å²) in [5.41, 5.74) is -0.0669. The van der Waals surface area contributed by atoms with Crippen molar-refractivity contribution in [3.8, 4) is 0 Å². The monoisotopic (exact) mass is 188 g/mol. The topological polar surface area (TPSA) is 55.1 Å². The second-order valence-corrected chi connectivity index (χ2v) is 3.00. The molecule has 0 aliphatic heterocycles. The van der Waals surface area contributed by atoms with Crippen LogP contribution in [0.5, 0.6) is 0 Å². The molecular weight excluding hydrogens is 182 g/mol. The maximum absolute atomic E-state index is 12.5. The highest BCUT2D eigenvalue weighted by Crippen LogP contribution is 2.52. The van der Waals surface area contributed by atoms with E-state index in [1.165, 1.54) is 0 Å². The highest BCUT2D eigenvalue weighted by atomic mass is 19.3. The number of halogens is 2. The molecule has 13 heavy (non-hydrogen) atoms. The molecule has 70 valence electrons. The number of hydrogen-bond acceptors (Lipinski definition) is 2. The van der Waals surface area contributed by atoms with Gasteiger partial charge in [-0.2, -0.15) is 5.10 Å². The normalized spacial score (nSPS) is 24.3. The molecule has 1 aromatic heterocycles. The summed E-state index contributed by atoms with van der Waals surface area (Å²) in [5, 5.41) is 12.0. The molecule has 1 aliphatic carbocycles. The number of aromatic nitrogens is 2. The van der Waals surface area contributed by atoms with Crippen LogP contribution in [-0.2, 0) is 0 Å². The molecular formula is C7H6F2N2O2. The van der Waals surface area contributed by atoms with Gasteiger partial charge in [0.2, 0.25) is 0 Å². The molecule has 0 radical (unpaired) electrons. The number of rotatable bonds is 2. The van der Waals surface area contributed by atoms with Gasteiger partial charge in [-0.1, -0.05) is 0 Å². The standard InChI is InChI=1S/C7H6F2N2O2/c8-7(9)1-5(7)11-3-4(2-10-11)6(12)13/h2-3,5H,1H2,(H,12,13). The predicted octanol–water partition coefficient (Wildman–Crippen LogP) is 1.16. The van der Waals surface area contributed by atoms with Gasteiger partial charge >= 0.3 is 5.97 Å². The minimum absolute atomic E-state index is 0.0669. The lowest BCUT2D eigenvalue weighted by Gasteiger charge is -1.96. The summed E-state index contributed by atoms with van der Waals surface area (Å²) in [6.07, 6.45) is 1.93. The molecule has 0 amide bonds. The quantitative estimate of drug-likeness (QED) is 0.757. The first-order chi connectivity index (χ1) is 6.00. The molecule has 0 aromatic carbocycles. The smallest absolute Gasteiger partial charge is 0.338 e. The molecule has 0 spiro atoms. The molecule has 1 N–H and O–H groups in total. The fraction of sp³-hybridized carbons (Fsp3) is 0.429. The maximum Gasteiger partial charge on any atom is 0.338 e. The second-order valence-electron chi connectivity index (χ2n) is 3.00. The zero-order valence-corrected chi connectivity index (χ0v) is 6.44. The summed E-state index contributed by atoms with van der Waals surface area (Å²) >= 11 is 0. The van der Waals surface area contributed by atoms with Gasteiger partial charge in [0.25, 0.3) is 5.92 Å². The summed E-state index contributed by atoms with van der Waals surface area (Å²) < 4.78 is 26.0. The highest BCUT2D eigenvalue weighted by Gasteiger charge is 2.59. The van der Waals surface area contributed by atoms with E-state index in [0.29, 0.717) is 0 Å². The second kappa shape index (κ2) is 2.27. The van der Waals surface area contributed by atoms with Gasteiger partial charge in [0.05, 0.1) is 11.8 Å². The number of hydrogen-bond donors (Lipinski definition) is 1. The highest BCUT2D eigenvalue weighted by molar-refractivity contribution is 5.86. The zero-order valence-electron chi connectivity index (χ0n) is 6.44. The van der Waals surface area contributed by atoms with Crippen LogP contribution in [0.25, 0.3) is 0 Å². The number of nitrogens with zero attached hydrogens (tertiary/aromatic N) is 2. The van der Waals surface area contributed by atoms with Crippen molar-refractivity contribution >= 4 is 5.97 Å². The first-order valence-corrected chi connectivity index (χ1v) is 3.66. The van der Waals surface area contributed by atoms with E-state index in [9.17, 15) is 13.6 Å². The van der Waals surface area contributed by atoms with E-state index in [0.717, 1.165) is 17.1 Å². The van der Waals surface area contributed by atoms with Crippen molar-refractivity contribution in [1.82, 2.24) is 9.78 Å². The van der Waals surface area contributed by atoms with Crippen LogP contribution in [-0.4, -0.2) is 26.8 Å². The van der Waals surface area contributed by atoms with Crippen LogP contribution in [0.1, 0.15) is 22.8 Å². The summed E-state index contributed by atoms with van der Waals surface area (Å²) in [6, 6.07) is -0.958. The Bertz CT molecular complexity index is 361. The average Bonchev–Trinajstić information content (AvgIpc) is 2.50. The molecule has 1 heterocycles. The molecule has 1 aliphatic rings. The third kappa shape index (κ3) is 1.28. The van der Waals surface area contributed by atoms with Gasteiger partial charge < -0.3 is 5.11 Å². The van der Waals surface area contributed by atoms with E-state index in [1.807, 2.05) is 0 Å². The Hall–Kier alpha value is -1.46. The fourth-order valence-corrected chi connectivity index (χ4v) is 1.10. The van der Waals surface area contributed by atoms with Crippen molar-refractivity contribution in [1.29, 1.82) is 0 Å². The van der Waals surface area contributed by atoms with Gasteiger partial charge in [-0.25, -0.2) is 13.6 Å². The van der Waals surface area contributed by atoms with Crippen molar-refractivity contribution in [3.05, 3.63) is 18.0 Å². The molecule has 1 saturated carbocycles. The molecule has 1 unspecified atom stereocenters. The molecule has 0 saturated heterocycles. The Morgan fingerprint density at radius 1 is 1.77 bits per heavy atom. The van der Waals surface area contributed by atoms with Gasteiger partial charge in [-0.05, 0) is 0 Å². The largest absolute Gasteiger partial charge is 0.478 e. The number of carboxylic acid groups (broad SMARTS) is 1. The van der Waals surface area contributed by atoms with Gasteiger partial charge in [-0.15, -0.1) is 0 Å². The minimum atomic E-state index is -2.72. The molecule has 1 atom stereocenters. The lowest BCUT2D eigenvalue weighted by Crippen LogP contribution is -2.02. The molecule has 0 bridgehead atoms. The van der Waals surface area contributed by atoms with Crippen molar-refractivity contribution in [2.75, 3.05) is 0 Å². The number of aromatic carboxylic acids is 1. The Morgan fingerprint density at radius 3 is 2.77 bits per heavy atom. The van der Waals surface area contributed by atoms with Crippen molar-refractivity contribution in [2.24, 2.45) is 0 Å². The van der Waals surface area contributed by atoms with Crippen molar-refractivity contribution in [3.63, 3.8) is 0 Å². The number of carboxylic acids is 1. The van der Waals surface area contributed by atoms with Gasteiger partial charge in [0.15, 0.2) is 0 Å². The number of alkyl halides is 2.